The zero-order valence-electron chi connectivity index (χ0n) is 18.8. The topological polar surface area (TPSA) is 117 Å². The summed E-state index contributed by atoms with van der Waals surface area (Å²) in [5, 5.41) is 32.2. The number of hydrogen-bond donors (Lipinski definition) is 1. The van der Waals surface area contributed by atoms with Gasteiger partial charge in [-0.15, -0.1) is 5.10 Å². The number of aliphatic hydroxyl groups is 1. The Balaban J connectivity index is 1.43. The third-order valence-electron chi connectivity index (χ3n) is 6.17. The van der Waals surface area contributed by atoms with E-state index in [1.54, 1.807) is 17.2 Å². The lowest BCUT2D eigenvalue weighted by Crippen LogP contribution is -2.31. The van der Waals surface area contributed by atoms with Crippen LogP contribution in [-0.4, -0.2) is 59.3 Å². The van der Waals surface area contributed by atoms with Crippen LogP contribution in [0.5, 0.6) is 5.75 Å². The second kappa shape index (κ2) is 9.27. The first-order chi connectivity index (χ1) is 16.9. The van der Waals surface area contributed by atoms with Crippen LogP contribution in [0.1, 0.15) is 36.4 Å². The molecule has 1 aliphatic heterocycles. The van der Waals surface area contributed by atoms with Crippen molar-refractivity contribution < 1.29 is 18.6 Å². The molecule has 1 fully saturated rings. The standard InChI is InChI=1S/C23H22F2N8O2/c1-14-22(29-30-33(14)17-4-6-31(13-26)7-5-17)15-8-21(23-18(25)10-28-32(23)11-15)35-12-20(34)19-3-2-16(24)9-27-19/h2-3,8-11,17,20,34H,4-7,12H2,1H3. The Hall–Kier alpha value is -4.11. The van der Waals surface area contributed by atoms with Crippen LogP contribution in [0.25, 0.3) is 16.8 Å². The first-order valence-electron chi connectivity index (χ1n) is 11.1. The van der Waals surface area contributed by atoms with Crippen molar-refractivity contribution in [2.24, 2.45) is 0 Å². The van der Waals surface area contributed by atoms with E-state index in [0.717, 1.165) is 30.9 Å². The molecule has 12 heteroatoms. The molecular formula is C23H22F2N8O2. The number of aliphatic hydroxyl groups excluding tert-OH is 1. The summed E-state index contributed by atoms with van der Waals surface area (Å²) >= 11 is 0. The van der Waals surface area contributed by atoms with E-state index in [1.807, 2.05) is 11.6 Å². The normalized spacial score (nSPS) is 15.3. The predicted octanol–water partition coefficient (Wildman–Crippen LogP) is 2.80. The molecule has 35 heavy (non-hydrogen) atoms. The number of hydrogen-bond acceptors (Lipinski definition) is 8. The number of aromatic nitrogens is 6. The molecule has 0 aliphatic carbocycles. The predicted molar refractivity (Wildman–Crippen MR) is 119 cm³/mol. The molecule has 180 valence electrons. The quantitative estimate of drug-likeness (QED) is 0.419. The van der Waals surface area contributed by atoms with Gasteiger partial charge in [-0.2, -0.15) is 10.4 Å². The number of nitriles is 1. The fraction of sp³-hybridized carbons (Fsp3) is 0.348. The van der Waals surface area contributed by atoms with E-state index in [-0.39, 0.29) is 29.6 Å². The molecule has 1 unspecified atom stereocenters. The number of halogens is 2. The largest absolute Gasteiger partial charge is 0.488 e. The molecule has 4 aromatic rings. The molecule has 0 aromatic carbocycles. The third kappa shape index (κ3) is 4.38. The van der Waals surface area contributed by atoms with Crippen molar-refractivity contribution in [1.29, 1.82) is 5.26 Å². The van der Waals surface area contributed by atoms with Crippen molar-refractivity contribution in [3.63, 3.8) is 0 Å². The van der Waals surface area contributed by atoms with Crippen LogP contribution in [0.3, 0.4) is 0 Å². The Bertz CT molecular complexity index is 1390. The van der Waals surface area contributed by atoms with Crippen molar-refractivity contribution >= 4 is 5.52 Å². The Morgan fingerprint density at radius 1 is 1.26 bits per heavy atom. The molecule has 1 N–H and O–H groups in total. The van der Waals surface area contributed by atoms with Crippen LogP contribution >= 0.6 is 0 Å². The van der Waals surface area contributed by atoms with Gasteiger partial charge < -0.3 is 14.7 Å². The number of rotatable bonds is 6. The van der Waals surface area contributed by atoms with Gasteiger partial charge in [0.05, 0.1) is 29.8 Å². The molecule has 5 heterocycles. The van der Waals surface area contributed by atoms with Crippen molar-refractivity contribution in [1.82, 2.24) is 34.5 Å². The van der Waals surface area contributed by atoms with Gasteiger partial charge in [-0.25, -0.2) is 18.0 Å². The Labute approximate surface area is 199 Å². The van der Waals surface area contributed by atoms with Crippen molar-refractivity contribution in [2.75, 3.05) is 19.7 Å². The summed E-state index contributed by atoms with van der Waals surface area (Å²) in [6.07, 6.45) is 6.32. The Morgan fingerprint density at radius 3 is 2.77 bits per heavy atom. The lowest BCUT2D eigenvalue weighted by Gasteiger charge is -2.28. The monoisotopic (exact) mass is 480 g/mol. The summed E-state index contributed by atoms with van der Waals surface area (Å²) in [5.74, 6) is -0.933. The van der Waals surface area contributed by atoms with E-state index < -0.39 is 17.7 Å². The summed E-state index contributed by atoms with van der Waals surface area (Å²) in [5.41, 5.74) is 2.38. The molecule has 1 aliphatic rings. The average Bonchev–Trinajstić information content (AvgIpc) is 3.45. The SMILES string of the molecule is Cc1c(-c2cc(OCC(O)c3ccc(F)cn3)c3c(F)cnn3c2)nnn1C1CCN(C#N)CC1. The Kier molecular flexibility index (Phi) is 6.00. The highest BCUT2D eigenvalue weighted by molar-refractivity contribution is 5.70. The van der Waals surface area contributed by atoms with Crippen LogP contribution in [0.2, 0.25) is 0 Å². The number of nitrogens with zero attached hydrogens (tertiary/aromatic N) is 8. The number of fused-ring (bicyclic) bond motifs is 1. The minimum absolute atomic E-state index is 0.113. The van der Waals surface area contributed by atoms with Gasteiger partial charge in [-0.05, 0) is 38.0 Å². The van der Waals surface area contributed by atoms with Gasteiger partial charge >= 0.3 is 0 Å². The molecule has 0 radical (unpaired) electrons. The molecule has 1 atom stereocenters. The van der Waals surface area contributed by atoms with Gasteiger partial charge in [0, 0.05) is 24.8 Å². The first kappa shape index (κ1) is 22.7. The molecule has 1 saturated heterocycles. The van der Waals surface area contributed by atoms with E-state index in [9.17, 15) is 13.9 Å². The van der Waals surface area contributed by atoms with E-state index >= 15 is 0 Å². The maximum atomic E-state index is 14.5. The Morgan fingerprint density at radius 2 is 2.06 bits per heavy atom. The summed E-state index contributed by atoms with van der Waals surface area (Å²) in [6.45, 7) is 3.00. The minimum Gasteiger partial charge on any atom is -0.488 e. The van der Waals surface area contributed by atoms with Crippen LogP contribution in [0.4, 0.5) is 8.78 Å². The van der Waals surface area contributed by atoms with Crippen LogP contribution in [-0.2, 0) is 0 Å². The zero-order chi connectivity index (χ0) is 24.5. The van der Waals surface area contributed by atoms with Gasteiger partial charge in [0.1, 0.15) is 35.5 Å². The van der Waals surface area contributed by atoms with Crippen molar-refractivity contribution in [3.05, 3.63) is 59.8 Å². The molecular weight excluding hydrogens is 458 g/mol. The number of likely N-dealkylation sites (tertiary alicyclic amines) is 1. The molecule has 0 spiro atoms. The summed E-state index contributed by atoms with van der Waals surface area (Å²) in [7, 11) is 0. The lowest BCUT2D eigenvalue weighted by atomic mass is 10.0. The summed E-state index contributed by atoms with van der Waals surface area (Å²) in [4.78, 5) is 5.58. The number of ether oxygens (including phenoxy) is 1. The molecule has 0 amide bonds. The minimum atomic E-state index is -1.15. The molecule has 5 rings (SSSR count). The highest BCUT2D eigenvalue weighted by Gasteiger charge is 2.25. The van der Waals surface area contributed by atoms with Gasteiger partial charge in [0.2, 0.25) is 0 Å². The maximum absolute atomic E-state index is 14.5. The van der Waals surface area contributed by atoms with Gasteiger partial charge in [-0.1, -0.05) is 5.21 Å². The first-order valence-corrected chi connectivity index (χ1v) is 11.1. The smallest absolute Gasteiger partial charge is 0.179 e. The van der Waals surface area contributed by atoms with Crippen molar-refractivity contribution in [3.8, 4) is 23.2 Å². The van der Waals surface area contributed by atoms with Gasteiger partial charge in [0.25, 0.3) is 0 Å². The van der Waals surface area contributed by atoms with Gasteiger partial charge in [0.15, 0.2) is 12.0 Å². The average molecular weight is 480 g/mol. The van der Waals surface area contributed by atoms with Crippen LogP contribution in [0.15, 0.2) is 36.8 Å². The third-order valence-corrected chi connectivity index (χ3v) is 6.17. The van der Waals surface area contributed by atoms with Crippen LogP contribution in [0, 0.1) is 30.0 Å². The molecule has 10 nitrogen and oxygen atoms in total. The maximum Gasteiger partial charge on any atom is 0.179 e. The second-order valence-electron chi connectivity index (χ2n) is 8.39. The number of pyridine rings is 2. The highest BCUT2D eigenvalue weighted by Crippen LogP contribution is 2.32. The van der Waals surface area contributed by atoms with Crippen molar-refractivity contribution in [2.45, 2.75) is 31.9 Å². The lowest BCUT2D eigenvalue weighted by molar-refractivity contribution is 0.105. The fourth-order valence-electron chi connectivity index (χ4n) is 4.29. The van der Waals surface area contributed by atoms with E-state index in [0.29, 0.717) is 24.3 Å². The molecule has 0 bridgehead atoms. The fourth-order valence-corrected chi connectivity index (χ4v) is 4.29. The number of piperidine rings is 1. The second-order valence-corrected chi connectivity index (χ2v) is 8.39. The summed E-state index contributed by atoms with van der Waals surface area (Å²) in [6, 6.07) is 4.31. The molecule has 4 aromatic heterocycles. The van der Waals surface area contributed by atoms with E-state index in [2.05, 4.69) is 26.6 Å². The summed E-state index contributed by atoms with van der Waals surface area (Å²) < 4.78 is 36.6. The van der Waals surface area contributed by atoms with E-state index in [1.165, 1.54) is 16.6 Å². The van der Waals surface area contributed by atoms with Crippen LogP contribution < -0.4 is 4.74 Å². The van der Waals surface area contributed by atoms with Gasteiger partial charge in [-0.3, -0.25) is 4.98 Å². The molecule has 0 saturated carbocycles. The highest BCUT2D eigenvalue weighted by atomic mass is 19.1. The van der Waals surface area contributed by atoms with E-state index in [4.69, 9.17) is 10.00 Å². The zero-order valence-corrected chi connectivity index (χ0v) is 18.8.